The minimum atomic E-state index is 0.0260. The molecule has 1 aromatic carbocycles. The first-order chi connectivity index (χ1) is 13.7. The van der Waals surface area contributed by atoms with Crippen LogP contribution in [0.4, 0.5) is 5.82 Å². The minimum Gasteiger partial charge on any atom is -0.487 e. The van der Waals surface area contributed by atoms with Crippen molar-refractivity contribution in [2.45, 2.75) is 50.3 Å². The first kappa shape index (κ1) is 19.2. The summed E-state index contributed by atoms with van der Waals surface area (Å²) in [4.78, 5) is 6.73. The molecule has 2 aliphatic rings. The Balaban J connectivity index is 1.42. The summed E-state index contributed by atoms with van der Waals surface area (Å²) in [6.07, 6.45) is 7.92. The van der Waals surface area contributed by atoms with Crippen molar-refractivity contribution in [3.05, 3.63) is 53.7 Å². The standard InChI is InChI=1S/C23H31N3O2/c1-26(13-14-27-2)22-10-9-18(17-25-22)16-24-20-15-23(11-5-6-12-23)28-21-8-4-3-7-19(20)21/h3-4,7-10,17,20,24H,5-6,11-16H2,1-2H3. The van der Waals surface area contributed by atoms with Crippen LogP contribution in [0.15, 0.2) is 42.6 Å². The summed E-state index contributed by atoms with van der Waals surface area (Å²) in [6.45, 7) is 2.35. The molecule has 1 N–H and O–H groups in total. The number of hydrogen-bond acceptors (Lipinski definition) is 5. The van der Waals surface area contributed by atoms with Crippen LogP contribution in [-0.4, -0.2) is 37.9 Å². The van der Waals surface area contributed by atoms with Crippen molar-refractivity contribution >= 4 is 5.82 Å². The quantitative estimate of drug-likeness (QED) is 0.783. The van der Waals surface area contributed by atoms with E-state index in [1.54, 1.807) is 7.11 Å². The third kappa shape index (κ3) is 4.15. The lowest BCUT2D eigenvalue weighted by atomic mass is 9.86. The molecule has 1 atom stereocenters. The molecule has 0 saturated heterocycles. The summed E-state index contributed by atoms with van der Waals surface area (Å²) in [5.41, 5.74) is 2.51. The van der Waals surface area contributed by atoms with Gasteiger partial charge in [-0.15, -0.1) is 0 Å². The normalized spacial score (nSPS) is 20.0. The number of likely N-dealkylation sites (N-methyl/N-ethyl adjacent to an activating group) is 1. The Hall–Kier alpha value is -2.11. The van der Waals surface area contributed by atoms with Crippen LogP contribution in [0.25, 0.3) is 0 Å². The summed E-state index contributed by atoms with van der Waals surface area (Å²) in [5.74, 6) is 2.03. The SMILES string of the molecule is COCCN(C)c1ccc(CNC2CC3(CCCC3)Oc3ccccc32)cn1. The second-order valence-electron chi connectivity index (χ2n) is 8.11. The second kappa shape index (κ2) is 8.50. The first-order valence-electron chi connectivity index (χ1n) is 10.4. The highest BCUT2D eigenvalue weighted by Crippen LogP contribution is 2.47. The summed E-state index contributed by atoms with van der Waals surface area (Å²) in [7, 11) is 3.76. The van der Waals surface area contributed by atoms with Gasteiger partial charge >= 0.3 is 0 Å². The number of para-hydroxylation sites is 1. The van der Waals surface area contributed by atoms with Gasteiger partial charge in [0.05, 0.1) is 6.61 Å². The first-order valence-corrected chi connectivity index (χ1v) is 10.4. The lowest BCUT2D eigenvalue weighted by molar-refractivity contribution is 0.0364. The molecule has 1 aliphatic carbocycles. The number of ether oxygens (including phenoxy) is 2. The van der Waals surface area contributed by atoms with Crippen LogP contribution in [0.2, 0.25) is 0 Å². The summed E-state index contributed by atoms with van der Waals surface area (Å²) in [6, 6.07) is 13.1. The third-order valence-corrected chi connectivity index (χ3v) is 6.10. The van der Waals surface area contributed by atoms with Gasteiger partial charge in [0.25, 0.3) is 0 Å². The zero-order chi connectivity index (χ0) is 19.4. The van der Waals surface area contributed by atoms with E-state index in [4.69, 9.17) is 9.47 Å². The Bertz CT molecular complexity index is 772. The molecule has 0 radical (unpaired) electrons. The Morgan fingerprint density at radius 2 is 2.04 bits per heavy atom. The monoisotopic (exact) mass is 381 g/mol. The van der Waals surface area contributed by atoms with Crippen molar-refractivity contribution in [3.63, 3.8) is 0 Å². The molecule has 1 spiro atoms. The number of aromatic nitrogens is 1. The molecule has 150 valence electrons. The number of anilines is 1. The highest BCUT2D eigenvalue weighted by molar-refractivity contribution is 5.40. The van der Waals surface area contributed by atoms with Crippen LogP contribution < -0.4 is 15.0 Å². The maximum absolute atomic E-state index is 6.47. The highest BCUT2D eigenvalue weighted by Gasteiger charge is 2.42. The molecule has 1 unspecified atom stereocenters. The summed E-state index contributed by atoms with van der Waals surface area (Å²) >= 11 is 0. The van der Waals surface area contributed by atoms with Crippen molar-refractivity contribution in [1.82, 2.24) is 10.3 Å². The zero-order valence-electron chi connectivity index (χ0n) is 17.0. The van der Waals surface area contributed by atoms with E-state index in [2.05, 4.69) is 51.6 Å². The predicted molar refractivity (Wildman–Crippen MR) is 112 cm³/mol. The average molecular weight is 382 g/mol. The Kier molecular flexibility index (Phi) is 5.83. The van der Waals surface area contributed by atoms with E-state index in [1.807, 2.05) is 13.2 Å². The van der Waals surface area contributed by atoms with Gasteiger partial charge in [-0.25, -0.2) is 4.98 Å². The number of pyridine rings is 1. The fourth-order valence-corrected chi connectivity index (χ4v) is 4.46. The summed E-state index contributed by atoms with van der Waals surface area (Å²) in [5, 5.41) is 3.77. The Morgan fingerprint density at radius 1 is 1.21 bits per heavy atom. The number of methoxy groups -OCH3 is 1. The molecule has 1 aromatic heterocycles. The predicted octanol–water partition coefficient (Wildman–Crippen LogP) is 4.09. The van der Waals surface area contributed by atoms with Crippen LogP contribution in [0, 0.1) is 0 Å². The lowest BCUT2D eigenvalue weighted by Gasteiger charge is -2.40. The Labute approximate surface area is 168 Å². The van der Waals surface area contributed by atoms with Gasteiger partial charge in [-0.1, -0.05) is 24.3 Å². The molecule has 5 heteroatoms. The average Bonchev–Trinajstić information content (AvgIpc) is 3.18. The van der Waals surface area contributed by atoms with Crippen molar-refractivity contribution in [3.8, 4) is 5.75 Å². The van der Waals surface area contributed by atoms with Gasteiger partial charge in [0.2, 0.25) is 0 Å². The Morgan fingerprint density at radius 3 is 2.79 bits per heavy atom. The molecule has 1 saturated carbocycles. The number of fused-ring (bicyclic) bond motifs is 1. The maximum Gasteiger partial charge on any atom is 0.128 e. The number of hydrogen-bond donors (Lipinski definition) is 1. The molecule has 28 heavy (non-hydrogen) atoms. The fraction of sp³-hybridized carbons (Fsp3) is 0.522. The van der Waals surface area contributed by atoms with Crippen molar-refractivity contribution in [1.29, 1.82) is 0 Å². The molecule has 1 aliphatic heterocycles. The van der Waals surface area contributed by atoms with Gasteiger partial charge in [0.15, 0.2) is 0 Å². The molecule has 2 heterocycles. The lowest BCUT2D eigenvalue weighted by Crippen LogP contribution is -2.42. The van der Waals surface area contributed by atoms with E-state index in [1.165, 1.54) is 36.8 Å². The summed E-state index contributed by atoms with van der Waals surface area (Å²) < 4.78 is 11.6. The van der Waals surface area contributed by atoms with E-state index in [0.717, 1.165) is 31.1 Å². The van der Waals surface area contributed by atoms with Gasteiger partial charge in [-0.3, -0.25) is 0 Å². The van der Waals surface area contributed by atoms with Gasteiger partial charge in [0.1, 0.15) is 17.2 Å². The second-order valence-corrected chi connectivity index (χ2v) is 8.11. The van der Waals surface area contributed by atoms with Crippen LogP contribution in [0.3, 0.4) is 0 Å². The van der Waals surface area contributed by atoms with E-state index >= 15 is 0 Å². The van der Waals surface area contributed by atoms with Crippen molar-refractivity contribution < 1.29 is 9.47 Å². The van der Waals surface area contributed by atoms with Crippen molar-refractivity contribution in [2.75, 3.05) is 32.2 Å². The van der Waals surface area contributed by atoms with E-state index < -0.39 is 0 Å². The molecule has 1 fully saturated rings. The molecule has 4 rings (SSSR count). The molecule has 5 nitrogen and oxygen atoms in total. The van der Waals surface area contributed by atoms with Crippen LogP contribution >= 0.6 is 0 Å². The van der Waals surface area contributed by atoms with Gasteiger partial charge in [-0.2, -0.15) is 0 Å². The largest absolute Gasteiger partial charge is 0.487 e. The van der Waals surface area contributed by atoms with Gasteiger partial charge < -0.3 is 19.7 Å². The highest BCUT2D eigenvalue weighted by atomic mass is 16.5. The van der Waals surface area contributed by atoms with Crippen LogP contribution in [0.5, 0.6) is 5.75 Å². The fourth-order valence-electron chi connectivity index (χ4n) is 4.46. The number of nitrogens with one attached hydrogen (secondary N) is 1. The van der Waals surface area contributed by atoms with Crippen LogP contribution in [-0.2, 0) is 11.3 Å². The molecule has 0 amide bonds. The third-order valence-electron chi connectivity index (χ3n) is 6.10. The topological polar surface area (TPSA) is 46.6 Å². The van der Waals surface area contributed by atoms with E-state index in [9.17, 15) is 0 Å². The van der Waals surface area contributed by atoms with E-state index in [0.29, 0.717) is 12.6 Å². The maximum atomic E-state index is 6.47. The van der Waals surface area contributed by atoms with E-state index in [-0.39, 0.29) is 5.60 Å². The molecular weight excluding hydrogens is 350 g/mol. The molecule has 0 bridgehead atoms. The minimum absolute atomic E-state index is 0.0260. The zero-order valence-corrected chi connectivity index (χ0v) is 17.0. The number of benzene rings is 1. The smallest absolute Gasteiger partial charge is 0.128 e. The molecular formula is C23H31N3O2. The van der Waals surface area contributed by atoms with Gasteiger partial charge in [-0.05, 0) is 43.4 Å². The number of rotatable bonds is 7. The van der Waals surface area contributed by atoms with Crippen LogP contribution in [0.1, 0.15) is 49.3 Å². The molecule has 2 aromatic rings. The number of nitrogens with zero attached hydrogens (tertiary/aromatic N) is 2. The van der Waals surface area contributed by atoms with Crippen molar-refractivity contribution in [2.24, 2.45) is 0 Å². The van der Waals surface area contributed by atoms with Gasteiger partial charge in [0, 0.05) is 51.5 Å².